The summed E-state index contributed by atoms with van der Waals surface area (Å²) in [4.78, 5) is 13.5. The second-order valence-electron chi connectivity index (χ2n) is 13.1. The molecule has 0 bridgehead atoms. The molecule has 3 N–H and O–H groups in total. The number of carbonyl (C=O) groups excluding carboxylic acids is 1. The van der Waals surface area contributed by atoms with Gasteiger partial charge in [0.25, 0.3) is 0 Å². The largest absolute Gasteiger partial charge is 0.393 e. The SMILES string of the molecule is CC(NCCC(=O)C1CCC2C3CCC4CC(O)CCC4(C)C3CCC12C)C(O)c1ccccc1. The number of benzene rings is 1. The Kier molecular flexibility index (Phi) is 7.20. The molecule has 4 aliphatic carbocycles. The number of Topliss-reactive ketones (excluding diaryl/α,β-unsaturated/α-hetero) is 1. The van der Waals surface area contributed by atoms with Gasteiger partial charge in [-0.15, -0.1) is 0 Å². The van der Waals surface area contributed by atoms with E-state index in [1.807, 2.05) is 37.3 Å². The third kappa shape index (κ3) is 4.53. The summed E-state index contributed by atoms with van der Waals surface area (Å²) in [5.41, 5.74) is 1.47. The lowest BCUT2D eigenvalue weighted by Crippen LogP contribution is -2.54. The summed E-state index contributed by atoms with van der Waals surface area (Å²) in [6, 6.07) is 9.68. The van der Waals surface area contributed by atoms with Gasteiger partial charge < -0.3 is 15.5 Å². The van der Waals surface area contributed by atoms with Crippen LogP contribution < -0.4 is 5.32 Å². The van der Waals surface area contributed by atoms with Gasteiger partial charge in [0.05, 0.1) is 12.2 Å². The zero-order chi connectivity index (χ0) is 24.8. The molecule has 1 aromatic rings. The summed E-state index contributed by atoms with van der Waals surface area (Å²) >= 11 is 0. The van der Waals surface area contributed by atoms with Gasteiger partial charge in [0.15, 0.2) is 0 Å². The Morgan fingerprint density at radius 3 is 2.49 bits per heavy atom. The molecule has 0 heterocycles. The van der Waals surface area contributed by atoms with Crippen LogP contribution >= 0.6 is 0 Å². The zero-order valence-electron chi connectivity index (χ0n) is 22.1. The minimum atomic E-state index is -0.563. The summed E-state index contributed by atoms with van der Waals surface area (Å²) < 4.78 is 0. The maximum atomic E-state index is 13.5. The highest BCUT2D eigenvalue weighted by molar-refractivity contribution is 5.82. The van der Waals surface area contributed by atoms with Gasteiger partial charge in [-0.2, -0.15) is 0 Å². The van der Waals surface area contributed by atoms with E-state index in [4.69, 9.17) is 0 Å². The lowest BCUT2D eigenvalue weighted by Gasteiger charge is -2.60. The highest BCUT2D eigenvalue weighted by Crippen LogP contribution is 2.67. The molecule has 10 unspecified atom stereocenters. The Labute approximate surface area is 212 Å². The molecule has 1 aromatic carbocycles. The Bertz CT molecular complexity index is 888. The fourth-order valence-electron chi connectivity index (χ4n) is 9.41. The average Bonchev–Trinajstić information content (AvgIpc) is 3.21. The van der Waals surface area contributed by atoms with E-state index < -0.39 is 6.10 Å². The van der Waals surface area contributed by atoms with Crippen molar-refractivity contribution in [1.82, 2.24) is 5.32 Å². The van der Waals surface area contributed by atoms with Crippen LogP contribution in [0, 0.1) is 40.4 Å². The Balaban J connectivity index is 1.18. The molecule has 4 heteroatoms. The number of hydrogen-bond acceptors (Lipinski definition) is 4. The van der Waals surface area contributed by atoms with Crippen LogP contribution in [0.1, 0.15) is 96.6 Å². The second kappa shape index (κ2) is 9.91. The fraction of sp³-hybridized carbons (Fsp3) is 0.774. The van der Waals surface area contributed by atoms with Crippen LogP contribution in [-0.4, -0.2) is 34.7 Å². The molecule has 4 saturated carbocycles. The minimum Gasteiger partial charge on any atom is -0.393 e. The molecule has 4 aliphatic rings. The highest BCUT2D eigenvalue weighted by atomic mass is 16.3. The van der Waals surface area contributed by atoms with E-state index in [0.717, 1.165) is 36.7 Å². The average molecular weight is 482 g/mol. The Morgan fingerprint density at radius 1 is 1.00 bits per heavy atom. The first-order chi connectivity index (χ1) is 16.7. The van der Waals surface area contributed by atoms with Crippen LogP contribution in [0.25, 0.3) is 0 Å². The van der Waals surface area contributed by atoms with Gasteiger partial charge in [-0.25, -0.2) is 0 Å². The minimum absolute atomic E-state index is 0.0857. The Morgan fingerprint density at radius 2 is 1.71 bits per heavy atom. The summed E-state index contributed by atoms with van der Waals surface area (Å²) in [7, 11) is 0. The van der Waals surface area contributed by atoms with Crippen LogP contribution in [0.4, 0.5) is 0 Å². The second-order valence-corrected chi connectivity index (χ2v) is 13.1. The van der Waals surface area contributed by atoms with Crippen molar-refractivity contribution in [1.29, 1.82) is 0 Å². The number of hydrogen-bond donors (Lipinski definition) is 3. The maximum Gasteiger partial charge on any atom is 0.137 e. The van der Waals surface area contributed by atoms with Crippen LogP contribution in [0.5, 0.6) is 0 Å². The number of aliphatic hydroxyl groups is 2. The number of ketones is 1. The predicted molar refractivity (Wildman–Crippen MR) is 140 cm³/mol. The number of aliphatic hydroxyl groups excluding tert-OH is 2. The highest BCUT2D eigenvalue weighted by Gasteiger charge is 2.60. The first-order valence-electron chi connectivity index (χ1n) is 14.4. The van der Waals surface area contributed by atoms with Crippen molar-refractivity contribution < 1.29 is 15.0 Å². The smallest absolute Gasteiger partial charge is 0.137 e. The molecule has 35 heavy (non-hydrogen) atoms. The van der Waals surface area contributed by atoms with E-state index in [1.165, 1.54) is 38.5 Å². The van der Waals surface area contributed by atoms with Crippen LogP contribution in [0.15, 0.2) is 30.3 Å². The van der Waals surface area contributed by atoms with E-state index >= 15 is 0 Å². The first-order valence-corrected chi connectivity index (χ1v) is 14.4. The molecule has 4 nitrogen and oxygen atoms in total. The summed E-state index contributed by atoms with van der Waals surface area (Å²) in [5, 5.41) is 24.3. The summed E-state index contributed by atoms with van der Waals surface area (Å²) in [5.74, 6) is 3.55. The van der Waals surface area contributed by atoms with Gasteiger partial charge in [-0.3, -0.25) is 4.79 Å². The standard InChI is InChI=1S/C31H47NO3/c1-20(29(35)21-7-5-4-6-8-21)32-18-15-28(34)27-12-11-25-24-10-9-22-19-23(33)13-16-30(22,2)26(24)14-17-31(25,27)3/h4-8,20,22-27,29,32-33,35H,9-19H2,1-3H3. The number of rotatable bonds is 7. The normalized spacial score (nSPS) is 42.4. The van der Waals surface area contributed by atoms with Crippen LogP contribution in [-0.2, 0) is 4.79 Å². The molecule has 0 saturated heterocycles. The van der Waals surface area contributed by atoms with Crippen molar-refractivity contribution >= 4 is 5.78 Å². The lowest BCUT2D eigenvalue weighted by molar-refractivity contribution is -0.139. The van der Waals surface area contributed by atoms with Crippen LogP contribution in [0.2, 0.25) is 0 Å². The fourth-order valence-corrected chi connectivity index (χ4v) is 9.41. The molecule has 0 amide bonds. The molecular formula is C31H47NO3. The number of carbonyl (C=O) groups is 1. The number of fused-ring (bicyclic) bond motifs is 5. The quantitative estimate of drug-likeness (QED) is 0.469. The third-order valence-electron chi connectivity index (χ3n) is 11.5. The Hall–Kier alpha value is -1.23. The zero-order valence-corrected chi connectivity index (χ0v) is 22.1. The molecule has 0 aromatic heterocycles. The molecule has 0 spiro atoms. The van der Waals surface area contributed by atoms with Gasteiger partial charge >= 0.3 is 0 Å². The van der Waals surface area contributed by atoms with Gasteiger partial charge in [0.2, 0.25) is 0 Å². The molecule has 4 fully saturated rings. The van der Waals surface area contributed by atoms with Crippen molar-refractivity contribution in [2.45, 2.75) is 103 Å². The summed E-state index contributed by atoms with van der Waals surface area (Å²) in [6.45, 7) is 7.61. The lowest BCUT2D eigenvalue weighted by atomic mass is 9.44. The first kappa shape index (κ1) is 25.4. The molecular weight excluding hydrogens is 434 g/mol. The third-order valence-corrected chi connectivity index (χ3v) is 11.5. The van der Waals surface area contributed by atoms with E-state index in [-0.39, 0.29) is 23.5 Å². The van der Waals surface area contributed by atoms with Gasteiger partial charge in [-0.1, -0.05) is 44.2 Å². The topological polar surface area (TPSA) is 69.6 Å². The van der Waals surface area contributed by atoms with E-state index in [9.17, 15) is 15.0 Å². The molecule has 10 atom stereocenters. The van der Waals surface area contributed by atoms with Crippen molar-refractivity contribution in [3.8, 4) is 0 Å². The number of nitrogens with one attached hydrogen (secondary N) is 1. The van der Waals surface area contributed by atoms with Gasteiger partial charge in [0, 0.05) is 24.9 Å². The van der Waals surface area contributed by atoms with Crippen molar-refractivity contribution in [3.63, 3.8) is 0 Å². The summed E-state index contributed by atoms with van der Waals surface area (Å²) in [6.07, 6.45) is 10.4. The molecule has 5 rings (SSSR count). The monoisotopic (exact) mass is 481 g/mol. The molecule has 194 valence electrons. The van der Waals surface area contributed by atoms with Crippen molar-refractivity contribution in [3.05, 3.63) is 35.9 Å². The van der Waals surface area contributed by atoms with Gasteiger partial charge in [-0.05, 0) is 105 Å². The van der Waals surface area contributed by atoms with Crippen LogP contribution in [0.3, 0.4) is 0 Å². The van der Waals surface area contributed by atoms with E-state index in [0.29, 0.717) is 36.0 Å². The maximum absolute atomic E-state index is 13.5. The van der Waals surface area contributed by atoms with E-state index in [2.05, 4.69) is 19.2 Å². The molecule has 0 aliphatic heterocycles. The van der Waals surface area contributed by atoms with Crippen molar-refractivity contribution in [2.75, 3.05) is 6.54 Å². The van der Waals surface area contributed by atoms with E-state index in [1.54, 1.807) is 0 Å². The van der Waals surface area contributed by atoms with Gasteiger partial charge in [0.1, 0.15) is 5.78 Å². The predicted octanol–water partition coefficient (Wildman–Crippen LogP) is 5.68. The van der Waals surface area contributed by atoms with Crippen molar-refractivity contribution in [2.24, 2.45) is 40.4 Å². The molecule has 0 radical (unpaired) electrons.